The van der Waals surface area contributed by atoms with Gasteiger partial charge in [-0.15, -0.1) is 11.3 Å². The van der Waals surface area contributed by atoms with E-state index in [1.807, 2.05) is 18.6 Å². The molecule has 2 aromatic rings. The van der Waals surface area contributed by atoms with Gasteiger partial charge in [-0.2, -0.15) is 11.8 Å². The number of rotatable bonds is 6. The van der Waals surface area contributed by atoms with E-state index in [0.29, 0.717) is 28.4 Å². The van der Waals surface area contributed by atoms with Crippen LogP contribution in [-0.2, 0) is 4.79 Å². The standard InChI is InChI=1S/C17H17N3O3S2/c1-10-9-25-17(18-10)19-14(21)13(7-8-24-2)20-15(22)11-5-3-4-6-12(11)16(20)23/h3-6,9,13H,7-8H2,1-2H3,(H,18,19,21)/t13-/m0/s1. The maximum atomic E-state index is 12.8. The first-order valence-electron chi connectivity index (χ1n) is 7.71. The molecule has 1 atom stereocenters. The molecule has 1 aromatic heterocycles. The Hall–Kier alpha value is -2.19. The summed E-state index contributed by atoms with van der Waals surface area (Å²) in [6, 6.07) is 5.79. The highest BCUT2D eigenvalue weighted by Crippen LogP contribution is 2.27. The second kappa shape index (κ2) is 7.37. The van der Waals surface area contributed by atoms with Crippen molar-refractivity contribution in [3.8, 4) is 0 Å². The lowest BCUT2D eigenvalue weighted by atomic mass is 10.1. The number of hydrogen-bond acceptors (Lipinski definition) is 6. The molecule has 6 nitrogen and oxygen atoms in total. The smallest absolute Gasteiger partial charge is 0.262 e. The number of carbonyl (C=O) groups is 3. The largest absolute Gasteiger partial charge is 0.300 e. The summed E-state index contributed by atoms with van der Waals surface area (Å²) in [5, 5.41) is 5.02. The van der Waals surface area contributed by atoms with E-state index in [0.717, 1.165) is 10.6 Å². The Kier molecular flexibility index (Phi) is 5.19. The van der Waals surface area contributed by atoms with Crippen LogP contribution < -0.4 is 5.32 Å². The predicted octanol–water partition coefficient (Wildman–Crippen LogP) is 2.81. The molecule has 0 radical (unpaired) electrons. The quantitative estimate of drug-likeness (QED) is 0.786. The van der Waals surface area contributed by atoms with Gasteiger partial charge in [0.1, 0.15) is 6.04 Å². The summed E-state index contributed by atoms with van der Waals surface area (Å²) in [5.41, 5.74) is 1.50. The van der Waals surface area contributed by atoms with E-state index in [1.165, 1.54) is 11.3 Å². The first-order chi connectivity index (χ1) is 12.0. The highest BCUT2D eigenvalue weighted by atomic mass is 32.2. The number of benzene rings is 1. The zero-order valence-corrected chi connectivity index (χ0v) is 15.4. The van der Waals surface area contributed by atoms with E-state index < -0.39 is 23.8 Å². The minimum Gasteiger partial charge on any atom is -0.300 e. The molecule has 130 valence electrons. The number of nitrogens with one attached hydrogen (secondary N) is 1. The van der Waals surface area contributed by atoms with Crippen LogP contribution in [0.15, 0.2) is 29.6 Å². The Morgan fingerprint density at radius 1 is 1.28 bits per heavy atom. The minimum absolute atomic E-state index is 0.347. The molecule has 0 fully saturated rings. The number of nitrogens with zero attached hydrogens (tertiary/aromatic N) is 2. The van der Waals surface area contributed by atoms with Crippen molar-refractivity contribution < 1.29 is 14.4 Å². The van der Waals surface area contributed by atoms with Crippen LogP contribution in [0, 0.1) is 6.92 Å². The van der Waals surface area contributed by atoms with Crippen molar-refractivity contribution in [3.05, 3.63) is 46.5 Å². The summed E-state index contributed by atoms with van der Waals surface area (Å²) in [6.07, 6.45) is 2.31. The van der Waals surface area contributed by atoms with Gasteiger partial charge in [-0.05, 0) is 37.5 Å². The Morgan fingerprint density at radius 3 is 2.44 bits per heavy atom. The predicted molar refractivity (Wildman–Crippen MR) is 99.2 cm³/mol. The van der Waals surface area contributed by atoms with E-state index in [2.05, 4.69) is 10.3 Å². The number of anilines is 1. The molecular weight excluding hydrogens is 358 g/mol. The van der Waals surface area contributed by atoms with Crippen LogP contribution in [0.2, 0.25) is 0 Å². The molecule has 3 rings (SSSR count). The molecule has 25 heavy (non-hydrogen) atoms. The van der Waals surface area contributed by atoms with Crippen molar-refractivity contribution in [2.24, 2.45) is 0 Å². The summed E-state index contributed by atoms with van der Waals surface area (Å²) < 4.78 is 0. The van der Waals surface area contributed by atoms with Gasteiger partial charge in [-0.1, -0.05) is 12.1 Å². The summed E-state index contributed by atoms with van der Waals surface area (Å²) in [6.45, 7) is 1.83. The molecule has 0 saturated heterocycles. The van der Waals surface area contributed by atoms with E-state index >= 15 is 0 Å². The Labute approximate surface area is 153 Å². The molecule has 1 N–H and O–H groups in total. The monoisotopic (exact) mass is 375 g/mol. The van der Waals surface area contributed by atoms with Crippen LogP contribution in [0.25, 0.3) is 0 Å². The fourth-order valence-electron chi connectivity index (χ4n) is 2.70. The third kappa shape index (κ3) is 3.45. The van der Waals surface area contributed by atoms with E-state index in [9.17, 15) is 14.4 Å². The maximum Gasteiger partial charge on any atom is 0.262 e. The second-order valence-corrected chi connectivity index (χ2v) is 7.45. The molecule has 0 bridgehead atoms. The topological polar surface area (TPSA) is 79.4 Å². The van der Waals surface area contributed by atoms with Gasteiger partial charge in [0.05, 0.1) is 16.8 Å². The molecule has 1 aliphatic rings. The van der Waals surface area contributed by atoms with Crippen molar-refractivity contribution in [1.82, 2.24) is 9.88 Å². The van der Waals surface area contributed by atoms with Crippen LogP contribution in [0.1, 0.15) is 32.8 Å². The van der Waals surface area contributed by atoms with Crippen molar-refractivity contribution in [2.45, 2.75) is 19.4 Å². The Balaban J connectivity index is 1.87. The first-order valence-corrected chi connectivity index (χ1v) is 9.99. The molecule has 1 aliphatic heterocycles. The van der Waals surface area contributed by atoms with Crippen molar-refractivity contribution >= 4 is 46.0 Å². The van der Waals surface area contributed by atoms with Crippen molar-refractivity contribution in [2.75, 3.05) is 17.3 Å². The fraction of sp³-hybridized carbons (Fsp3) is 0.294. The van der Waals surface area contributed by atoms with Crippen molar-refractivity contribution in [1.29, 1.82) is 0 Å². The molecule has 3 amide bonds. The maximum absolute atomic E-state index is 12.8. The number of carbonyl (C=O) groups excluding carboxylic acids is 3. The number of amides is 3. The molecule has 0 unspecified atom stereocenters. The zero-order valence-electron chi connectivity index (χ0n) is 13.8. The number of aryl methyl sites for hydroxylation is 1. The van der Waals surface area contributed by atoms with Crippen LogP contribution in [0.5, 0.6) is 0 Å². The van der Waals surface area contributed by atoms with Crippen LogP contribution in [0.3, 0.4) is 0 Å². The minimum atomic E-state index is -0.857. The highest BCUT2D eigenvalue weighted by Gasteiger charge is 2.42. The summed E-state index contributed by atoms with van der Waals surface area (Å²) in [5.74, 6) is -0.574. The molecule has 1 aromatic carbocycles. The van der Waals surface area contributed by atoms with Crippen LogP contribution in [-0.4, -0.2) is 45.7 Å². The van der Waals surface area contributed by atoms with Gasteiger partial charge in [0.25, 0.3) is 11.8 Å². The fourth-order valence-corrected chi connectivity index (χ4v) is 3.85. The molecule has 8 heteroatoms. The highest BCUT2D eigenvalue weighted by molar-refractivity contribution is 7.98. The van der Waals surface area contributed by atoms with Crippen LogP contribution >= 0.6 is 23.1 Å². The lowest BCUT2D eigenvalue weighted by Crippen LogP contribution is -2.47. The molecule has 2 heterocycles. The van der Waals surface area contributed by atoms with Gasteiger partial charge in [0, 0.05) is 5.38 Å². The number of fused-ring (bicyclic) bond motifs is 1. The van der Waals surface area contributed by atoms with E-state index in [1.54, 1.807) is 36.0 Å². The summed E-state index contributed by atoms with van der Waals surface area (Å²) in [7, 11) is 0. The number of thioether (sulfide) groups is 1. The third-order valence-electron chi connectivity index (χ3n) is 3.88. The first kappa shape index (κ1) is 17.6. The SMILES string of the molecule is CSCC[C@@H](C(=O)Nc1nc(C)cs1)N1C(=O)c2ccccc2C1=O. The Bertz CT molecular complexity index is 799. The van der Waals surface area contributed by atoms with E-state index in [4.69, 9.17) is 0 Å². The second-order valence-electron chi connectivity index (χ2n) is 5.61. The normalized spacial score (nSPS) is 14.6. The lowest BCUT2D eigenvalue weighted by molar-refractivity contribution is -0.120. The lowest BCUT2D eigenvalue weighted by Gasteiger charge is -2.24. The summed E-state index contributed by atoms with van der Waals surface area (Å²) >= 11 is 2.87. The summed E-state index contributed by atoms with van der Waals surface area (Å²) in [4.78, 5) is 43.4. The molecule has 0 saturated carbocycles. The molecule has 0 aliphatic carbocycles. The van der Waals surface area contributed by atoms with Crippen molar-refractivity contribution in [3.63, 3.8) is 0 Å². The number of thiazole rings is 1. The van der Waals surface area contributed by atoms with Gasteiger partial charge in [0.2, 0.25) is 5.91 Å². The van der Waals surface area contributed by atoms with E-state index in [-0.39, 0.29) is 0 Å². The van der Waals surface area contributed by atoms with Gasteiger partial charge in [0.15, 0.2) is 5.13 Å². The number of imide groups is 1. The average molecular weight is 375 g/mol. The van der Waals surface area contributed by atoms with Gasteiger partial charge in [-0.25, -0.2) is 4.98 Å². The third-order valence-corrected chi connectivity index (χ3v) is 5.40. The Morgan fingerprint density at radius 2 is 1.92 bits per heavy atom. The van der Waals surface area contributed by atoms with Gasteiger partial charge >= 0.3 is 0 Å². The molecule has 0 spiro atoms. The van der Waals surface area contributed by atoms with Gasteiger partial charge in [-0.3, -0.25) is 19.3 Å². The molecular formula is C17H17N3O3S2. The number of aromatic nitrogens is 1. The zero-order chi connectivity index (χ0) is 18.0. The van der Waals surface area contributed by atoms with Gasteiger partial charge < -0.3 is 5.32 Å². The number of hydrogen-bond donors (Lipinski definition) is 1. The van der Waals surface area contributed by atoms with Crippen LogP contribution in [0.4, 0.5) is 5.13 Å². The average Bonchev–Trinajstić information content (AvgIpc) is 3.11.